The highest BCUT2D eigenvalue weighted by Gasteiger charge is 2.07. The molecule has 5 heteroatoms. The standard InChI is InChI=1S/C8H8N2O3/c1-2-13-8(12)7-4-3-6(5-11)9-10-7/h3-5H,2H2,1H3. The summed E-state index contributed by atoms with van der Waals surface area (Å²) in [6, 6.07) is 2.81. The third-order valence-electron chi connectivity index (χ3n) is 1.29. The smallest absolute Gasteiger partial charge is 0.358 e. The number of hydrogen-bond donors (Lipinski definition) is 0. The Kier molecular flexibility index (Phi) is 3.08. The monoisotopic (exact) mass is 180 g/mol. The molecule has 13 heavy (non-hydrogen) atoms. The third-order valence-corrected chi connectivity index (χ3v) is 1.29. The fourth-order valence-electron chi connectivity index (χ4n) is 0.719. The Bertz CT molecular complexity index is 308. The molecule has 5 nitrogen and oxygen atoms in total. The molecule has 0 aliphatic heterocycles. The van der Waals surface area contributed by atoms with E-state index in [0.717, 1.165) is 0 Å². The van der Waals surface area contributed by atoms with Gasteiger partial charge in [0.15, 0.2) is 12.0 Å². The zero-order valence-corrected chi connectivity index (χ0v) is 7.06. The van der Waals surface area contributed by atoms with E-state index in [0.29, 0.717) is 6.29 Å². The zero-order chi connectivity index (χ0) is 9.68. The van der Waals surface area contributed by atoms with Gasteiger partial charge in [0.05, 0.1) is 6.61 Å². The summed E-state index contributed by atoms with van der Waals surface area (Å²) in [5.74, 6) is -0.535. The highest BCUT2D eigenvalue weighted by atomic mass is 16.5. The summed E-state index contributed by atoms with van der Waals surface area (Å²) >= 11 is 0. The first-order chi connectivity index (χ1) is 6.27. The number of ether oxygens (including phenoxy) is 1. The van der Waals surface area contributed by atoms with E-state index in [1.807, 2.05) is 0 Å². The lowest BCUT2D eigenvalue weighted by Gasteiger charge is -1.98. The van der Waals surface area contributed by atoms with Crippen LogP contribution in [-0.4, -0.2) is 29.1 Å². The van der Waals surface area contributed by atoms with Gasteiger partial charge < -0.3 is 4.74 Å². The van der Waals surface area contributed by atoms with Crippen molar-refractivity contribution >= 4 is 12.3 Å². The van der Waals surface area contributed by atoms with Crippen LogP contribution < -0.4 is 0 Å². The first kappa shape index (κ1) is 9.31. The molecule has 0 radical (unpaired) electrons. The number of aldehydes is 1. The molecular formula is C8H8N2O3. The Morgan fingerprint density at radius 3 is 2.77 bits per heavy atom. The molecule has 1 aromatic heterocycles. The number of carbonyl (C=O) groups is 2. The van der Waals surface area contributed by atoms with Crippen LogP contribution in [0.15, 0.2) is 12.1 Å². The van der Waals surface area contributed by atoms with E-state index in [1.54, 1.807) is 6.92 Å². The van der Waals surface area contributed by atoms with Gasteiger partial charge in [-0.3, -0.25) is 4.79 Å². The molecule has 0 N–H and O–H groups in total. The molecule has 0 spiro atoms. The Morgan fingerprint density at radius 1 is 1.54 bits per heavy atom. The SMILES string of the molecule is CCOC(=O)c1ccc(C=O)nn1. The minimum atomic E-state index is -0.535. The Labute approximate surface area is 74.7 Å². The zero-order valence-electron chi connectivity index (χ0n) is 7.06. The van der Waals surface area contributed by atoms with E-state index < -0.39 is 5.97 Å². The van der Waals surface area contributed by atoms with Crippen LogP contribution in [-0.2, 0) is 4.74 Å². The van der Waals surface area contributed by atoms with Crippen LogP contribution in [0, 0.1) is 0 Å². The summed E-state index contributed by atoms with van der Waals surface area (Å²) in [5, 5.41) is 6.99. The predicted molar refractivity (Wildman–Crippen MR) is 43.4 cm³/mol. The third kappa shape index (κ3) is 2.33. The predicted octanol–water partition coefficient (Wildman–Crippen LogP) is 0.466. The molecule has 0 bridgehead atoms. The van der Waals surface area contributed by atoms with Crippen LogP contribution in [0.2, 0.25) is 0 Å². The Balaban J connectivity index is 2.79. The summed E-state index contributed by atoms with van der Waals surface area (Å²) < 4.78 is 4.67. The first-order valence-corrected chi connectivity index (χ1v) is 3.74. The highest BCUT2D eigenvalue weighted by molar-refractivity contribution is 5.87. The van der Waals surface area contributed by atoms with E-state index in [1.165, 1.54) is 12.1 Å². The highest BCUT2D eigenvalue weighted by Crippen LogP contribution is 1.96. The number of aromatic nitrogens is 2. The molecule has 0 atom stereocenters. The average Bonchev–Trinajstić information content (AvgIpc) is 2.18. The first-order valence-electron chi connectivity index (χ1n) is 3.74. The van der Waals surface area contributed by atoms with Crippen molar-refractivity contribution in [3.8, 4) is 0 Å². The van der Waals surface area contributed by atoms with Crippen molar-refractivity contribution in [2.24, 2.45) is 0 Å². The largest absolute Gasteiger partial charge is 0.461 e. The van der Waals surface area contributed by atoms with Gasteiger partial charge in [0.1, 0.15) is 5.69 Å². The maximum atomic E-state index is 11.0. The van der Waals surface area contributed by atoms with Gasteiger partial charge in [0.25, 0.3) is 0 Å². The van der Waals surface area contributed by atoms with Crippen molar-refractivity contribution in [3.05, 3.63) is 23.5 Å². The van der Waals surface area contributed by atoms with E-state index in [9.17, 15) is 9.59 Å². The van der Waals surface area contributed by atoms with Crippen molar-refractivity contribution < 1.29 is 14.3 Å². The number of nitrogens with zero attached hydrogens (tertiary/aromatic N) is 2. The van der Waals surface area contributed by atoms with Crippen LogP contribution >= 0.6 is 0 Å². The Hall–Kier alpha value is -1.78. The number of hydrogen-bond acceptors (Lipinski definition) is 5. The molecule has 0 saturated carbocycles. The number of carbonyl (C=O) groups excluding carboxylic acids is 2. The summed E-state index contributed by atoms with van der Waals surface area (Å²) in [4.78, 5) is 21.2. The van der Waals surface area contributed by atoms with Gasteiger partial charge in [-0.15, -0.1) is 10.2 Å². The molecule has 0 aliphatic carbocycles. The van der Waals surface area contributed by atoms with Crippen molar-refractivity contribution in [1.29, 1.82) is 0 Å². The van der Waals surface area contributed by atoms with Crippen LogP contribution in [0.5, 0.6) is 0 Å². The van der Waals surface area contributed by atoms with Crippen molar-refractivity contribution in [2.75, 3.05) is 6.61 Å². The summed E-state index contributed by atoms with van der Waals surface area (Å²) in [6.45, 7) is 1.99. The fourth-order valence-corrected chi connectivity index (χ4v) is 0.719. The van der Waals surface area contributed by atoms with Gasteiger partial charge >= 0.3 is 5.97 Å². The minimum Gasteiger partial charge on any atom is -0.461 e. The molecule has 68 valence electrons. The Morgan fingerprint density at radius 2 is 2.31 bits per heavy atom. The van der Waals surface area contributed by atoms with Crippen LogP contribution in [0.3, 0.4) is 0 Å². The maximum absolute atomic E-state index is 11.0. The second-order valence-corrected chi connectivity index (χ2v) is 2.18. The molecule has 0 fully saturated rings. The van der Waals surface area contributed by atoms with Gasteiger partial charge in [-0.05, 0) is 19.1 Å². The number of rotatable bonds is 3. The lowest BCUT2D eigenvalue weighted by Crippen LogP contribution is -2.08. The second kappa shape index (κ2) is 4.30. The fraction of sp³-hybridized carbons (Fsp3) is 0.250. The maximum Gasteiger partial charge on any atom is 0.358 e. The summed E-state index contributed by atoms with van der Waals surface area (Å²) in [7, 11) is 0. The second-order valence-electron chi connectivity index (χ2n) is 2.18. The van der Waals surface area contributed by atoms with Crippen molar-refractivity contribution in [3.63, 3.8) is 0 Å². The van der Waals surface area contributed by atoms with Gasteiger partial charge in [0.2, 0.25) is 0 Å². The lowest BCUT2D eigenvalue weighted by molar-refractivity contribution is 0.0517. The molecule has 0 unspecified atom stereocenters. The van der Waals surface area contributed by atoms with Crippen molar-refractivity contribution in [1.82, 2.24) is 10.2 Å². The quantitative estimate of drug-likeness (QED) is 0.499. The molecule has 0 saturated heterocycles. The summed E-state index contributed by atoms with van der Waals surface area (Å²) in [5.41, 5.74) is 0.292. The van der Waals surface area contributed by atoms with Gasteiger partial charge in [-0.1, -0.05) is 0 Å². The topological polar surface area (TPSA) is 69.2 Å². The minimum absolute atomic E-state index is 0.104. The van der Waals surface area contributed by atoms with E-state index in [2.05, 4.69) is 14.9 Å². The van der Waals surface area contributed by atoms with E-state index in [-0.39, 0.29) is 18.0 Å². The number of esters is 1. The molecular weight excluding hydrogens is 172 g/mol. The molecule has 1 aromatic rings. The van der Waals surface area contributed by atoms with E-state index in [4.69, 9.17) is 0 Å². The lowest BCUT2D eigenvalue weighted by atomic mass is 10.3. The molecule has 1 rings (SSSR count). The van der Waals surface area contributed by atoms with Crippen LogP contribution in [0.25, 0.3) is 0 Å². The van der Waals surface area contributed by atoms with Crippen LogP contribution in [0.1, 0.15) is 27.9 Å². The molecule has 1 heterocycles. The van der Waals surface area contributed by atoms with Crippen molar-refractivity contribution in [2.45, 2.75) is 6.92 Å². The van der Waals surface area contributed by atoms with Gasteiger partial charge in [0, 0.05) is 0 Å². The van der Waals surface area contributed by atoms with E-state index >= 15 is 0 Å². The molecule has 0 aromatic carbocycles. The van der Waals surface area contributed by atoms with Gasteiger partial charge in [-0.25, -0.2) is 4.79 Å². The van der Waals surface area contributed by atoms with Gasteiger partial charge in [-0.2, -0.15) is 0 Å². The van der Waals surface area contributed by atoms with Crippen LogP contribution in [0.4, 0.5) is 0 Å². The normalized spacial score (nSPS) is 9.31. The molecule has 0 aliphatic rings. The average molecular weight is 180 g/mol. The summed E-state index contributed by atoms with van der Waals surface area (Å²) in [6.07, 6.45) is 0.557. The molecule has 0 amide bonds.